The first-order chi connectivity index (χ1) is 12.1. The van der Waals surface area contributed by atoms with Crippen molar-refractivity contribution in [3.05, 3.63) is 58.2 Å². The van der Waals surface area contributed by atoms with E-state index < -0.39 is 0 Å². The maximum absolute atomic E-state index is 12.9. The molecule has 0 radical (unpaired) electrons. The molecule has 5 heteroatoms. The zero-order valence-electron chi connectivity index (χ0n) is 14.8. The lowest BCUT2D eigenvalue weighted by molar-refractivity contribution is -0.0248. The van der Waals surface area contributed by atoms with E-state index in [1.165, 1.54) is 17.5 Å². The Morgan fingerprint density at radius 1 is 1.16 bits per heavy atom. The maximum atomic E-state index is 12.9. The molecule has 5 nitrogen and oxygen atoms in total. The number of aryl methyl sites for hydroxylation is 4. The molecule has 1 fully saturated rings. The number of nitrogens with zero attached hydrogens (tertiary/aromatic N) is 3. The summed E-state index contributed by atoms with van der Waals surface area (Å²) >= 11 is 0. The van der Waals surface area contributed by atoms with Crippen molar-refractivity contribution in [2.75, 3.05) is 19.7 Å². The van der Waals surface area contributed by atoms with E-state index >= 15 is 0 Å². The van der Waals surface area contributed by atoms with Crippen LogP contribution in [0.5, 0.6) is 0 Å². The van der Waals surface area contributed by atoms with Crippen molar-refractivity contribution in [3.63, 3.8) is 0 Å². The van der Waals surface area contributed by atoms with Crippen LogP contribution in [0.1, 0.15) is 51.2 Å². The summed E-state index contributed by atoms with van der Waals surface area (Å²) in [5.41, 5.74) is 5.29. The highest BCUT2D eigenvalue weighted by atomic mass is 16.5. The monoisotopic (exact) mass is 337 g/mol. The van der Waals surface area contributed by atoms with Crippen molar-refractivity contribution in [2.45, 2.75) is 39.2 Å². The van der Waals surface area contributed by atoms with E-state index in [4.69, 9.17) is 4.74 Å². The lowest BCUT2D eigenvalue weighted by Gasteiger charge is -2.33. The van der Waals surface area contributed by atoms with Gasteiger partial charge in [-0.15, -0.1) is 0 Å². The zero-order chi connectivity index (χ0) is 17.4. The molecule has 25 heavy (non-hydrogen) atoms. The van der Waals surface area contributed by atoms with Crippen LogP contribution < -0.4 is 0 Å². The van der Waals surface area contributed by atoms with Gasteiger partial charge in [-0.3, -0.25) is 4.79 Å². The summed E-state index contributed by atoms with van der Waals surface area (Å²) in [5, 5.41) is 0. The molecule has 1 aromatic carbocycles. The number of hydrogen-bond acceptors (Lipinski definition) is 4. The van der Waals surface area contributed by atoms with Crippen molar-refractivity contribution in [3.8, 4) is 0 Å². The van der Waals surface area contributed by atoms with Crippen LogP contribution in [0.4, 0.5) is 0 Å². The molecule has 1 aromatic heterocycles. The van der Waals surface area contributed by atoms with Gasteiger partial charge in [0.1, 0.15) is 11.9 Å². The molecule has 130 valence electrons. The van der Waals surface area contributed by atoms with Crippen LogP contribution in [0.25, 0.3) is 0 Å². The molecule has 0 bridgehead atoms. The molecule has 2 heterocycles. The quantitative estimate of drug-likeness (QED) is 0.845. The Morgan fingerprint density at radius 3 is 2.84 bits per heavy atom. The number of rotatable bonds is 2. The second-order valence-electron chi connectivity index (χ2n) is 6.93. The van der Waals surface area contributed by atoms with Gasteiger partial charge in [-0.05, 0) is 62.4 Å². The highest BCUT2D eigenvalue weighted by Crippen LogP contribution is 2.26. The van der Waals surface area contributed by atoms with Gasteiger partial charge < -0.3 is 9.64 Å². The van der Waals surface area contributed by atoms with E-state index in [0.717, 1.165) is 35.6 Å². The summed E-state index contributed by atoms with van der Waals surface area (Å²) in [4.78, 5) is 23.6. The molecular weight excluding hydrogens is 314 g/mol. The summed E-state index contributed by atoms with van der Waals surface area (Å²) < 4.78 is 5.88. The molecule has 2 aliphatic rings. The van der Waals surface area contributed by atoms with E-state index in [-0.39, 0.29) is 12.0 Å². The molecule has 0 saturated carbocycles. The van der Waals surface area contributed by atoms with Crippen LogP contribution in [0.15, 0.2) is 24.3 Å². The van der Waals surface area contributed by atoms with Gasteiger partial charge >= 0.3 is 0 Å². The molecule has 0 N–H and O–H groups in total. The molecule has 1 aliphatic carbocycles. The smallest absolute Gasteiger partial charge is 0.254 e. The van der Waals surface area contributed by atoms with Gasteiger partial charge in [0.2, 0.25) is 0 Å². The van der Waals surface area contributed by atoms with Crippen LogP contribution >= 0.6 is 0 Å². The van der Waals surface area contributed by atoms with Crippen LogP contribution in [0.3, 0.4) is 0 Å². The number of morpholine rings is 1. The third kappa shape index (κ3) is 3.29. The van der Waals surface area contributed by atoms with Gasteiger partial charge in [-0.2, -0.15) is 0 Å². The molecule has 1 amide bonds. The van der Waals surface area contributed by atoms with E-state index in [1.54, 1.807) is 0 Å². The van der Waals surface area contributed by atoms with Crippen LogP contribution in [0, 0.1) is 13.8 Å². The Hall–Kier alpha value is -2.27. The SMILES string of the molecule is Cc1cc(C2CN(C(=O)c3ccc4c(c3)CCC4)CCO2)nc(C)n1. The number of aromatic nitrogens is 2. The molecule has 1 aliphatic heterocycles. The number of fused-ring (bicyclic) bond motifs is 1. The topological polar surface area (TPSA) is 55.3 Å². The number of carbonyl (C=O) groups is 1. The number of ether oxygens (including phenoxy) is 1. The Balaban J connectivity index is 1.53. The standard InChI is InChI=1S/C20H23N3O2/c1-13-10-18(22-14(2)21-13)19-12-23(8-9-25-19)20(24)17-7-6-15-4-3-5-16(15)11-17/h6-7,10-11,19H,3-5,8-9,12H2,1-2H3. The minimum absolute atomic E-state index is 0.0884. The second kappa shape index (κ2) is 6.56. The number of benzene rings is 1. The van der Waals surface area contributed by atoms with Gasteiger partial charge in [-0.1, -0.05) is 6.07 Å². The first-order valence-corrected chi connectivity index (χ1v) is 8.95. The molecule has 1 saturated heterocycles. The van der Waals surface area contributed by atoms with Crippen LogP contribution in [-0.4, -0.2) is 40.5 Å². The average molecular weight is 337 g/mol. The van der Waals surface area contributed by atoms with Crippen molar-refractivity contribution in [2.24, 2.45) is 0 Å². The molecule has 1 atom stereocenters. The van der Waals surface area contributed by atoms with Crippen LogP contribution in [-0.2, 0) is 17.6 Å². The van der Waals surface area contributed by atoms with E-state index in [0.29, 0.717) is 19.7 Å². The summed E-state index contributed by atoms with van der Waals surface area (Å²) in [6.07, 6.45) is 3.23. The minimum atomic E-state index is -0.187. The summed E-state index contributed by atoms with van der Waals surface area (Å²) in [6.45, 7) is 5.52. The fraction of sp³-hybridized carbons (Fsp3) is 0.450. The van der Waals surface area contributed by atoms with Crippen LogP contribution in [0.2, 0.25) is 0 Å². The molecule has 0 spiro atoms. The van der Waals surface area contributed by atoms with Gasteiger partial charge in [0.15, 0.2) is 0 Å². The maximum Gasteiger partial charge on any atom is 0.254 e. The van der Waals surface area contributed by atoms with E-state index in [2.05, 4.69) is 22.1 Å². The second-order valence-corrected chi connectivity index (χ2v) is 6.93. The third-order valence-corrected chi connectivity index (χ3v) is 5.01. The molecular formula is C20H23N3O2. The lowest BCUT2D eigenvalue weighted by atomic mass is 10.0. The number of amides is 1. The van der Waals surface area contributed by atoms with E-state index in [1.807, 2.05) is 30.9 Å². The first kappa shape index (κ1) is 16.2. The highest BCUT2D eigenvalue weighted by molar-refractivity contribution is 5.94. The molecule has 2 aromatic rings. The fourth-order valence-corrected chi connectivity index (χ4v) is 3.81. The summed E-state index contributed by atoms with van der Waals surface area (Å²) in [7, 11) is 0. The summed E-state index contributed by atoms with van der Waals surface area (Å²) in [5.74, 6) is 0.825. The molecule has 1 unspecified atom stereocenters. The molecule has 4 rings (SSSR count). The van der Waals surface area contributed by atoms with Crippen molar-refractivity contribution in [1.82, 2.24) is 14.9 Å². The van der Waals surface area contributed by atoms with Gasteiger partial charge in [0, 0.05) is 17.8 Å². The minimum Gasteiger partial charge on any atom is -0.368 e. The van der Waals surface area contributed by atoms with Crippen molar-refractivity contribution < 1.29 is 9.53 Å². The van der Waals surface area contributed by atoms with Gasteiger partial charge in [0.05, 0.1) is 18.8 Å². The average Bonchev–Trinajstić information content (AvgIpc) is 3.08. The van der Waals surface area contributed by atoms with Gasteiger partial charge in [0.25, 0.3) is 5.91 Å². The fourth-order valence-electron chi connectivity index (χ4n) is 3.81. The predicted octanol–water partition coefficient (Wildman–Crippen LogP) is 2.80. The van der Waals surface area contributed by atoms with Crippen molar-refractivity contribution >= 4 is 5.91 Å². The normalized spacial score (nSPS) is 19.8. The predicted molar refractivity (Wildman–Crippen MR) is 94.6 cm³/mol. The Bertz CT molecular complexity index is 798. The first-order valence-electron chi connectivity index (χ1n) is 8.95. The number of hydrogen-bond donors (Lipinski definition) is 0. The third-order valence-electron chi connectivity index (χ3n) is 5.01. The number of carbonyl (C=O) groups excluding carboxylic acids is 1. The van der Waals surface area contributed by atoms with Crippen molar-refractivity contribution in [1.29, 1.82) is 0 Å². The largest absolute Gasteiger partial charge is 0.368 e. The zero-order valence-corrected chi connectivity index (χ0v) is 14.8. The Morgan fingerprint density at radius 2 is 2.00 bits per heavy atom. The van der Waals surface area contributed by atoms with E-state index in [9.17, 15) is 4.79 Å². The Labute approximate surface area is 148 Å². The highest BCUT2D eigenvalue weighted by Gasteiger charge is 2.28. The summed E-state index contributed by atoms with van der Waals surface area (Å²) in [6, 6.07) is 8.11. The Kier molecular flexibility index (Phi) is 4.25. The lowest BCUT2D eigenvalue weighted by Crippen LogP contribution is -2.42. The van der Waals surface area contributed by atoms with Gasteiger partial charge in [-0.25, -0.2) is 9.97 Å².